The van der Waals surface area contributed by atoms with Gasteiger partial charge in [-0.1, -0.05) is 29.3 Å². The lowest BCUT2D eigenvalue weighted by atomic mass is 10.1. The molecule has 0 saturated carbocycles. The number of hydrogen-bond acceptors (Lipinski definition) is 9. The zero-order valence-corrected chi connectivity index (χ0v) is 23.1. The van der Waals surface area contributed by atoms with Crippen molar-refractivity contribution in [2.24, 2.45) is 0 Å². The number of ether oxygens (including phenoxy) is 2. The van der Waals surface area contributed by atoms with Crippen LogP contribution in [-0.4, -0.2) is 41.1 Å². The Kier molecular flexibility index (Phi) is 8.02. The quantitative estimate of drug-likeness (QED) is 0.0581. The van der Waals surface area contributed by atoms with Crippen LogP contribution in [0.4, 0.5) is 11.4 Å². The first-order valence-corrected chi connectivity index (χ1v) is 13.0. The van der Waals surface area contributed by atoms with Gasteiger partial charge in [-0.3, -0.25) is 24.5 Å². The molecule has 11 nitrogen and oxygen atoms in total. The molecule has 1 aliphatic rings. The summed E-state index contributed by atoms with van der Waals surface area (Å²) in [6, 6.07) is 18.8. The third kappa shape index (κ3) is 5.85. The molecular formula is C30H16Cl2N2O9. The minimum Gasteiger partial charge on any atom is -0.454 e. The Morgan fingerprint density at radius 2 is 1.42 bits per heavy atom. The van der Waals surface area contributed by atoms with Crippen molar-refractivity contribution < 1.29 is 38.4 Å². The third-order valence-electron chi connectivity index (χ3n) is 6.33. The molecule has 1 aliphatic heterocycles. The van der Waals surface area contributed by atoms with E-state index < -0.39 is 46.8 Å². The van der Waals surface area contributed by atoms with Crippen molar-refractivity contribution in [1.82, 2.24) is 0 Å². The Balaban J connectivity index is 1.18. The van der Waals surface area contributed by atoms with Gasteiger partial charge in [0.15, 0.2) is 12.4 Å². The summed E-state index contributed by atoms with van der Waals surface area (Å²) >= 11 is 11.8. The van der Waals surface area contributed by atoms with Gasteiger partial charge < -0.3 is 9.47 Å². The van der Waals surface area contributed by atoms with E-state index in [2.05, 4.69) is 0 Å². The molecule has 0 radical (unpaired) electrons. The summed E-state index contributed by atoms with van der Waals surface area (Å²) in [7, 11) is 0. The predicted octanol–water partition coefficient (Wildman–Crippen LogP) is 5.96. The van der Waals surface area contributed by atoms with Gasteiger partial charge in [0.2, 0.25) is 0 Å². The maximum atomic E-state index is 12.9. The molecule has 43 heavy (non-hydrogen) atoms. The normalized spacial score (nSPS) is 12.1. The molecule has 214 valence electrons. The van der Waals surface area contributed by atoms with Gasteiger partial charge in [-0.25, -0.2) is 14.5 Å². The lowest BCUT2D eigenvalue weighted by Gasteiger charge is -2.14. The van der Waals surface area contributed by atoms with Crippen molar-refractivity contribution in [3.8, 4) is 5.75 Å². The molecule has 0 atom stereocenters. The van der Waals surface area contributed by atoms with Gasteiger partial charge in [-0.2, -0.15) is 0 Å². The highest BCUT2D eigenvalue weighted by atomic mass is 35.5. The molecule has 0 aliphatic carbocycles. The van der Waals surface area contributed by atoms with E-state index in [4.69, 9.17) is 32.7 Å². The topological polar surface area (TPSA) is 150 Å². The van der Waals surface area contributed by atoms with Crippen LogP contribution in [-0.2, 0) is 4.74 Å². The smallest absolute Gasteiger partial charge is 0.343 e. The number of imide groups is 1. The number of Topliss-reactive ketones (excluding diaryl/α,β-unsaturated/α-hetero) is 1. The molecule has 0 fully saturated rings. The van der Waals surface area contributed by atoms with Gasteiger partial charge in [-0.15, -0.1) is 0 Å². The monoisotopic (exact) mass is 618 g/mol. The molecule has 0 N–H and O–H groups in total. The molecule has 2 amide bonds. The van der Waals surface area contributed by atoms with Crippen molar-refractivity contribution in [1.29, 1.82) is 0 Å². The molecule has 4 aromatic rings. The summed E-state index contributed by atoms with van der Waals surface area (Å²) in [5, 5.41) is 11.8. The maximum absolute atomic E-state index is 12.9. The second kappa shape index (κ2) is 11.8. The SMILES string of the molecule is O=C(COC(=O)c1ccc(N2C(=O)c3cccc([N+](=O)[O-])c3C2=O)cc1)c1ccc(OC(=O)c2ccc(Cl)c(Cl)c2)cc1. The Morgan fingerprint density at radius 3 is 2.07 bits per heavy atom. The van der Waals surface area contributed by atoms with Crippen LogP contribution in [0.25, 0.3) is 0 Å². The average Bonchev–Trinajstić information content (AvgIpc) is 3.26. The highest BCUT2D eigenvalue weighted by Gasteiger charge is 2.41. The van der Waals surface area contributed by atoms with Crippen LogP contribution in [0, 0.1) is 10.1 Å². The van der Waals surface area contributed by atoms with E-state index in [0.29, 0.717) is 0 Å². The zero-order valence-electron chi connectivity index (χ0n) is 21.6. The number of rotatable bonds is 8. The summed E-state index contributed by atoms with van der Waals surface area (Å²) in [6.07, 6.45) is 0. The molecule has 4 aromatic carbocycles. The molecule has 0 saturated heterocycles. The molecule has 5 rings (SSSR count). The Hall–Kier alpha value is -5.39. The van der Waals surface area contributed by atoms with Crippen molar-refractivity contribution in [2.75, 3.05) is 11.5 Å². The molecule has 0 spiro atoms. The van der Waals surface area contributed by atoms with Crippen LogP contribution in [0.1, 0.15) is 51.8 Å². The van der Waals surface area contributed by atoms with Crippen LogP contribution in [0.3, 0.4) is 0 Å². The molecule has 13 heteroatoms. The third-order valence-corrected chi connectivity index (χ3v) is 7.07. The maximum Gasteiger partial charge on any atom is 0.343 e. The lowest BCUT2D eigenvalue weighted by molar-refractivity contribution is -0.385. The number of nitro benzene ring substituents is 1. The number of anilines is 1. The Labute approximate surface area is 252 Å². The number of hydrogen-bond donors (Lipinski definition) is 0. The summed E-state index contributed by atoms with van der Waals surface area (Å²) in [5.74, 6) is -3.48. The Bertz CT molecular complexity index is 1840. The number of nitrogens with zero attached hydrogens (tertiary/aromatic N) is 2. The first kappa shape index (κ1) is 29.1. The van der Waals surface area contributed by atoms with Crippen LogP contribution in [0.15, 0.2) is 84.9 Å². The Morgan fingerprint density at radius 1 is 0.767 bits per heavy atom. The molecule has 0 unspecified atom stereocenters. The molecule has 1 heterocycles. The summed E-state index contributed by atoms with van der Waals surface area (Å²) < 4.78 is 10.4. The number of carbonyl (C=O) groups excluding carboxylic acids is 5. The fraction of sp³-hybridized carbons (Fsp3) is 0.0333. The number of halogens is 2. The minimum atomic E-state index is -0.858. The van der Waals surface area contributed by atoms with E-state index in [0.717, 1.165) is 11.0 Å². The van der Waals surface area contributed by atoms with Gasteiger partial charge in [0, 0.05) is 11.6 Å². The van der Waals surface area contributed by atoms with E-state index in [1.54, 1.807) is 0 Å². The molecule has 0 aromatic heterocycles. The van der Waals surface area contributed by atoms with Gasteiger partial charge in [0.25, 0.3) is 17.5 Å². The van der Waals surface area contributed by atoms with Crippen LogP contribution < -0.4 is 9.64 Å². The minimum absolute atomic E-state index is 0.0312. The van der Waals surface area contributed by atoms with Crippen molar-refractivity contribution >= 4 is 64.1 Å². The van der Waals surface area contributed by atoms with Crippen LogP contribution in [0.5, 0.6) is 5.75 Å². The second-order valence-electron chi connectivity index (χ2n) is 8.99. The lowest BCUT2D eigenvalue weighted by Crippen LogP contribution is -2.29. The fourth-order valence-electron chi connectivity index (χ4n) is 4.20. The van der Waals surface area contributed by atoms with Crippen molar-refractivity contribution in [3.63, 3.8) is 0 Å². The highest BCUT2D eigenvalue weighted by Crippen LogP contribution is 2.34. The van der Waals surface area contributed by atoms with Crippen LogP contribution >= 0.6 is 23.2 Å². The first-order valence-electron chi connectivity index (χ1n) is 12.3. The van der Waals surface area contributed by atoms with Crippen LogP contribution in [0.2, 0.25) is 10.0 Å². The number of fused-ring (bicyclic) bond motifs is 1. The van der Waals surface area contributed by atoms with Gasteiger partial charge >= 0.3 is 11.9 Å². The van der Waals surface area contributed by atoms with Crippen molar-refractivity contribution in [3.05, 3.63) is 133 Å². The molecule has 0 bridgehead atoms. The molecular weight excluding hydrogens is 603 g/mol. The van der Waals surface area contributed by atoms with Gasteiger partial charge in [0.1, 0.15) is 11.3 Å². The number of esters is 2. The van der Waals surface area contributed by atoms with Gasteiger partial charge in [-0.05, 0) is 72.8 Å². The van der Waals surface area contributed by atoms with E-state index in [1.165, 1.54) is 78.9 Å². The second-order valence-corrected chi connectivity index (χ2v) is 9.81. The fourth-order valence-corrected chi connectivity index (χ4v) is 4.49. The zero-order chi connectivity index (χ0) is 30.8. The summed E-state index contributed by atoms with van der Waals surface area (Å²) in [6.45, 7) is -0.592. The number of ketones is 1. The summed E-state index contributed by atoms with van der Waals surface area (Å²) in [4.78, 5) is 74.4. The van der Waals surface area contributed by atoms with Crippen molar-refractivity contribution in [2.45, 2.75) is 0 Å². The van der Waals surface area contributed by atoms with E-state index >= 15 is 0 Å². The number of amides is 2. The number of carbonyl (C=O) groups is 5. The first-order chi connectivity index (χ1) is 20.5. The predicted molar refractivity (Wildman–Crippen MR) is 153 cm³/mol. The largest absolute Gasteiger partial charge is 0.454 e. The number of benzene rings is 4. The van der Waals surface area contributed by atoms with Gasteiger partial charge in [0.05, 0.1) is 37.3 Å². The van der Waals surface area contributed by atoms with E-state index in [-0.39, 0.29) is 49.3 Å². The van der Waals surface area contributed by atoms with E-state index in [1.807, 2.05) is 0 Å². The number of nitro groups is 1. The van der Waals surface area contributed by atoms with E-state index in [9.17, 15) is 34.1 Å². The summed E-state index contributed by atoms with van der Waals surface area (Å²) in [5.41, 5.74) is -0.394. The standard InChI is InChI=1S/C30H16Cl2N2O9/c31-22-13-8-18(14-23(22)32)30(39)43-20-11-6-16(7-12-20)25(35)15-42-29(38)17-4-9-19(10-5-17)33-27(36)21-2-1-3-24(34(40)41)26(21)28(33)37/h1-14H,15H2. The highest BCUT2D eigenvalue weighted by molar-refractivity contribution is 6.42. The average molecular weight is 619 g/mol.